The number of rotatable bonds is 7. The van der Waals surface area contributed by atoms with E-state index in [4.69, 9.17) is 16.3 Å². The molecule has 0 atom stereocenters. The number of aryl methyl sites for hydroxylation is 1. The molecular weight excluding hydrogens is 250 g/mol. The first-order chi connectivity index (χ1) is 8.72. The molecule has 0 aliphatic carbocycles. The second-order valence-corrected chi connectivity index (χ2v) is 4.29. The summed E-state index contributed by atoms with van der Waals surface area (Å²) in [4.78, 5) is 11.4. The fourth-order valence-electron chi connectivity index (χ4n) is 1.63. The average Bonchev–Trinajstić information content (AvgIpc) is 2.40. The molecule has 0 saturated heterocycles. The average molecular weight is 270 g/mol. The SMILES string of the molecule is CCCCOc1cccc(CC)c1NC(=O)CCl. The summed E-state index contributed by atoms with van der Waals surface area (Å²) in [5.74, 6) is 0.464. The monoisotopic (exact) mass is 269 g/mol. The molecule has 0 fully saturated rings. The Morgan fingerprint density at radius 2 is 2.17 bits per heavy atom. The van der Waals surface area contributed by atoms with Gasteiger partial charge in [-0.25, -0.2) is 0 Å². The number of nitrogens with one attached hydrogen (secondary N) is 1. The first kappa shape index (κ1) is 14.8. The topological polar surface area (TPSA) is 38.3 Å². The molecule has 0 bridgehead atoms. The quantitative estimate of drug-likeness (QED) is 0.607. The van der Waals surface area contributed by atoms with Crippen molar-refractivity contribution < 1.29 is 9.53 Å². The Kier molecular flexibility index (Phi) is 6.58. The van der Waals surface area contributed by atoms with E-state index in [0.717, 1.165) is 36.3 Å². The number of hydrogen-bond donors (Lipinski definition) is 1. The van der Waals surface area contributed by atoms with Gasteiger partial charge in [0.25, 0.3) is 0 Å². The normalized spacial score (nSPS) is 10.2. The van der Waals surface area contributed by atoms with Crippen LogP contribution in [-0.2, 0) is 11.2 Å². The van der Waals surface area contributed by atoms with Crippen LogP contribution in [-0.4, -0.2) is 18.4 Å². The molecular formula is C14H20ClNO2. The molecule has 0 aromatic heterocycles. The van der Waals surface area contributed by atoms with Crippen molar-refractivity contribution in [1.82, 2.24) is 0 Å². The van der Waals surface area contributed by atoms with Crippen molar-refractivity contribution in [2.45, 2.75) is 33.1 Å². The summed E-state index contributed by atoms with van der Waals surface area (Å²) in [6, 6.07) is 5.80. The van der Waals surface area contributed by atoms with Gasteiger partial charge < -0.3 is 10.1 Å². The molecule has 0 radical (unpaired) electrons. The number of hydrogen-bond acceptors (Lipinski definition) is 2. The van der Waals surface area contributed by atoms with Crippen molar-refractivity contribution in [3.05, 3.63) is 23.8 Å². The largest absolute Gasteiger partial charge is 0.491 e. The minimum atomic E-state index is -0.210. The van der Waals surface area contributed by atoms with Gasteiger partial charge in [-0.05, 0) is 24.5 Å². The molecule has 0 aliphatic rings. The standard InChI is InChI=1S/C14H20ClNO2/c1-3-5-9-18-12-8-6-7-11(4-2)14(12)16-13(17)10-15/h6-8H,3-5,9-10H2,1-2H3,(H,16,17). The molecule has 18 heavy (non-hydrogen) atoms. The van der Waals surface area contributed by atoms with Gasteiger partial charge in [0.15, 0.2) is 0 Å². The van der Waals surface area contributed by atoms with Gasteiger partial charge in [0.1, 0.15) is 11.6 Å². The van der Waals surface area contributed by atoms with E-state index >= 15 is 0 Å². The number of unbranched alkanes of at least 4 members (excludes halogenated alkanes) is 1. The predicted octanol–water partition coefficient (Wildman–Crippen LogP) is 3.61. The lowest BCUT2D eigenvalue weighted by molar-refractivity contribution is -0.113. The summed E-state index contributed by atoms with van der Waals surface area (Å²) in [5.41, 5.74) is 1.81. The maximum atomic E-state index is 11.4. The lowest BCUT2D eigenvalue weighted by Crippen LogP contribution is -2.15. The molecule has 1 rings (SSSR count). The highest BCUT2D eigenvalue weighted by atomic mass is 35.5. The number of halogens is 1. The van der Waals surface area contributed by atoms with Gasteiger partial charge in [0.2, 0.25) is 5.91 Å². The van der Waals surface area contributed by atoms with Crippen molar-refractivity contribution in [3.63, 3.8) is 0 Å². The minimum absolute atomic E-state index is 0.0492. The molecule has 1 aromatic carbocycles. The van der Waals surface area contributed by atoms with Crippen LogP contribution < -0.4 is 10.1 Å². The van der Waals surface area contributed by atoms with Crippen LogP contribution in [0.2, 0.25) is 0 Å². The summed E-state index contributed by atoms with van der Waals surface area (Å²) in [6.07, 6.45) is 2.92. The Balaban J connectivity index is 2.89. The summed E-state index contributed by atoms with van der Waals surface area (Å²) < 4.78 is 5.71. The van der Waals surface area contributed by atoms with Crippen molar-refractivity contribution in [1.29, 1.82) is 0 Å². The van der Waals surface area contributed by atoms with Crippen LogP contribution in [0.5, 0.6) is 5.75 Å². The lowest BCUT2D eigenvalue weighted by atomic mass is 10.1. The van der Waals surface area contributed by atoms with Crippen LogP contribution >= 0.6 is 11.6 Å². The van der Waals surface area contributed by atoms with Crippen LogP contribution in [0.25, 0.3) is 0 Å². The summed E-state index contributed by atoms with van der Waals surface area (Å²) in [7, 11) is 0. The zero-order valence-corrected chi connectivity index (χ0v) is 11.7. The number of ether oxygens (including phenoxy) is 1. The van der Waals surface area contributed by atoms with Gasteiger partial charge in [-0.1, -0.05) is 32.4 Å². The predicted molar refractivity (Wildman–Crippen MR) is 75.6 cm³/mol. The molecule has 1 N–H and O–H groups in total. The molecule has 1 amide bonds. The Labute approximate surface area is 113 Å². The second kappa shape index (κ2) is 7.98. The molecule has 0 saturated carbocycles. The fourth-order valence-corrected chi connectivity index (χ4v) is 1.70. The molecule has 0 unspecified atom stereocenters. The number of carbonyl (C=O) groups excluding carboxylic acids is 1. The number of para-hydroxylation sites is 1. The molecule has 100 valence electrons. The van der Waals surface area contributed by atoms with Crippen LogP contribution in [0, 0.1) is 0 Å². The highest BCUT2D eigenvalue weighted by molar-refractivity contribution is 6.29. The van der Waals surface area contributed by atoms with Crippen LogP contribution in [0.4, 0.5) is 5.69 Å². The molecule has 0 aliphatic heterocycles. The lowest BCUT2D eigenvalue weighted by Gasteiger charge is -2.15. The van der Waals surface area contributed by atoms with E-state index in [9.17, 15) is 4.79 Å². The fraction of sp³-hybridized carbons (Fsp3) is 0.500. The molecule has 4 heteroatoms. The first-order valence-corrected chi connectivity index (χ1v) is 6.86. The van der Waals surface area contributed by atoms with Crippen LogP contribution in [0.15, 0.2) is 18.2 Å². The number of anilines is 1. The van der Waals surface area contributed by atoms with E-state index < -0.39 is 0 Å². The maximum Gasteiger partial charge on any atom is 0.239 e. The van der Waals surface area contributed by atoms with Gasteiger partial charge in [-0.2, -0.15) is 0 Å². The zero-order valence-electron chi connectivity index (χ0n) is 11.0. The molecule has 1 aromatic rings. The van der Waals surface area contributed by atoms with Gasteiger partial charge >= 0.3 is 0 Å². The van der Waals surface area contributed by atoms with Gasteiger partial charge in [-0.15, -0.1) is 11.6 Å². The Bertz CT molecular complexity index is 393. The van der Waals surface area contributed by atoms with Crippen LogP contribution in [0.1, 0.15) is 32.3 Å². The van der Waals surface area contributed by atoms with E-state index in [2.05, 4.69) is 12.2 Å². The number of amides is 1. The highest BCUT2D eigenvalue weighted by Crippen LogP contribution is 2.29. The third-order valence-corrected chi connectivity index (χ3v) is 2.88. The van der Waals surface area contributed by atoms with Gasteiger partial charge in [-0.3, -0.25) is 4.79 Å². The van der Waals surface area contributed by atoms with E-state index in [1.165, 1.54) is 0 Å². The minimum Gasteiger partial charge on any atom is -0.491 e. The Morgan fingerprint density at radius 3 is 2.78 bits per heavy atom. The van der Waals surface area contributed by atoms with Crippen LogP contribution in [0.3, 0.4) is 0 Å². The van der Waals surface area contributed by atoms with Crippen molar-refractivity contribution >= 4 is 23.2 Å². The van der Waals surface area contributed by atoms with Crippen molar-refractivity contribution in [2.75, 3.05) is 17.8 Å². The van der Waals surface area contributed by atoms with E-state index in [1.807, 2.05) is 25.1 Å². The Hall–Kier alpha value is -1.22. The third-order valence-electron chi connectivity index (χ3n) is 2.63. The summed E-state index contributed by atoms with van der Waals surface area (Å²) >= 11 is 5.52. The number of carbonyl (C=O) groups is 1. The van der Waals surface area contributed by atoms with Gasteiger partial charge in [0, 0.05) is 0 Å². The first-order valence-electron chi connectivity index (χ1n) is 6.33. The second-order valence-electron chi connectivity index (χ2n) is 4.03. The highest BCUT2D eigenvalue weighted by Gasteiger charge is 2.11. The van der Waals surface area contributed by atoms with E-state index in [0.29, 0.717) is 6.61 Å². The summed E-state index contributed by atoms with van der Waals surface area (Å²) in [5, 5.41) is 2.81. The number of benzene rings is 1. The van der Waals surface area contributed by atoms with E-state index in [-0.39, 0.29) is 11.8 Å². The molecule has 0 heterocycles. The Morgan fingerprint density at radius 1 is 1.39 bits per heavy atom. The molecule has 3 nitrogen and oxygen atoms in total. The molecule has 0 spiro atoms. The smallest absolute Gasteiger partial charge is 0.239 e. The zero-order chi connectivity index (χ0) is 13.4. The van der Waals surface area contributed by atoms with Gasteiger partial charge in [0.05, 0.1) is 12.3 Å². The van der Waals surface area contributed by atoms with E-state index in [1.54, 1.807) is 0 Å². The number of alkyl halides is 1. The summed E-state index contributed by atoms with van der Waals surface area (Å²) in [6.45, 7) is 4.82. The van der Waals surface area contributed by atoms with Crippen molar-refractivity contribution in [3.8, 4) is 5.75 Å². The maximum absolute atomic E-state index is 11.4. The third kappa shape index (κ3) is 4.22. The van der Waals surface area contributed by atoms with Crippen molar-refractivity contribution in [2.24, 2.45) is 0 Å².